The average Bonchev–Trinajstić information content (AvgIpc) is 2.94. The molecular formula is C18H27N3OS. The first-order valence-electron chi connectivity index (χ1n) is 8.17. The van der Waals surface area contributed by atoms with Gasteiger partial charge in [0.05, 0.1) is 6.54 Å². The second-order valence-electron chi connectivity index (χ2n) is 6.72. The number of aromatic nitrogens is 2. The summed E-state index contributed by atoms with van der Waals surface area (Å²) in [6.45, 7) is 11.7. The van der Waals surface area contributed by atoms with Gasteiger partial charge in [-0.1, -0.05) is 32.9 Å². The van der Waals surface area contributed by atoms with E-state index < -0.39 is 0 Å². The minimum absolute atomic E-state index is 0.621. The molecule has 0 unspecified atom stereocenters. The monoisotopic (exact) mass is 333 g/mol. The number of benzene rings is 1. The zero-order valence-electron chi connectivity index (χ0n) is 14.7. The van der Waals surface area contributed by atoms with E-state index in [9.17, 15) is 0 Å². The van der Waals surface area contributed by atoms with Crippen molar-refractivity contribution in [2.45, 2.75) is 39.1 Å². The van der Waals surface area contributed by atoms with E-state index in [1.807, 2.05) is 12.1 Å². The molecule has 0 radical (unpaired) electrons. The molecular weight excluding hydrogens is 306 g/mol. The summed E-state index contributed by atoms with van der Waals surface area (Å²) in [7, 11) is 0. The summed E-state index contributed by atoms with van der Waals surface area (Å²) in [4.78, 5) is 8.19. The second kappa shape index (κ2) is 8.50. The van der Waals surface area contributed by atoms with Gasteiger partial charge in [-0.15, -0.1) is 11.8 Å². The highest BCUT2D eigenvalue weighted by atomic mass is 32.2. The number of hydrogen-bond donors (Lipinski definition) is 0. The minimum atomic E-state index is 0.621. The van der Waals surface area contributed by atoms with Gasteiger partial charge in [0, 0.05) is 23.5 Å². The first-order chi connectivity index (χ1) is 11.0. The second-order valence-corrected chi connectivity index (χ2v) is 7.60. The van der Waals surface area contributed by atoms with Crippen LogP contribution in [0.3, 0.4) is 0 Å². The molecule has 5 heteroatoms. The summed E-state index contributed by atoms with van der Waals surface area (Å²) >= 11 is 1.73. The minimum Gasteiger partial charge on any atom is -0.338 e. The highest BCUT2D eigenvalue weighted by molar-refractivity contribution is 7.98. The fourth-order valence-electron chi connectivity index (χ4n) is 2.60. The Balaban J connectivity index is 2.07. The van der Waals surface area contributed by atoms with E-state index in [0.717, 1.165) is 18.7 Å². The highest BCUT2D eigenvalue weighted by Gasteiger charge is 2.15. The van der Waals surface area contributed by atoms with Gasteiger partial charge < -0.3 is 4.52 Å². The molecule has 126 valence electrons. The first kappa shape index (κ1) is 18.0. The maximum atomic E-state index is 5.46. The van der Waals surface area contributed by atoms with Gasteiger partial charge in [0.1, 0.15) is 0 Å². The van der Waals surface area contributed by atoms with Crippen molar-refractivity contribution in [3.63, 3.8) is 0 Å². The lowest BCUT2D eigenvalue weighted by atomic mass is 10.1. The Bertz CT molecular complexity index is 583. The summed E-state index contributed by atoms with van der Waals surface area (Å²) in [5.74, 6) is 2.60. The van der Waals surface area contributed by atoms with E-state index in [0.29, 0.717) is 30.1 Å². The van der Waals surface area contributed by atoms with E-state index >= 15 is 0 Å². The van der Waals surface area contributed by atoms with Crippen molar-refractivity contribution in [1.29, 1.82) is 0 Å². The smallest absolute Gasteiger partial charge is 0.241 e. The Morgan fingerprint density at radius 3 is 2.17 bits per heavy atom. The summed E-state index contributed by atoms with van der Waals surface area (Å²) in [6.07, 6.45) is 2.07. The maximum absolute atomic E-state index is 5.46. The van der Waals surface area contributed by atoms with E-state index in [1.54, 1.807) is 11.8 Å². The summed E-state index contributed by atoms with van der Waals surface area (Å²) < 4.78 is 5.46. The molecule has 0 aliphatic rings. The Labute approximate surface area is 143 Å². The van der Waals surface area contributed by atoms with Gasteiger partial charge in [0.2, 0.25) is 11.7 Å². The van der Waals surface area contributed by atoms with Crippen LogP contribution in [0.1, 0.15) is 33.6 Å². The SMILES string of the molecule is CSc1ccc(-c2noc(CN(CC(C)C)CC(C)C)n2)cc1. The molecule has 0 fully saturated rings. The van der Waals surface area contributed by atoms with Gasteiger partial charge in [-0.05, 0) is 42.4 Å². The van der Waals surface area contributed by atoms with Crippen LogP contribution < -0.4 is 0 Å². The van der Waals surface area contributed by atoms with Crippen LogP contribution in [0.5, 0.6) is 0 Å². The largest absolute Gasteiger partial charge is 0.338 e. The molecule has 2 rings (SSSR count). The Kier molecular flexibility index (Phi) is 6.66. The van der Waals surface area contributed by atoms with Gasteiger partial charge in [0.15, 0.2) is 0 Å². The summed E-state index contributed by atoms with van der Waals surface area (Å²) in [6, 6.07) is 8.25. The van der Waals surface area contributed by atoms with E-state index in [1.165, 1.54) is 4.90 Å². The van der Waals surface area contributed by atoms with Crippen LogP contribution in [0.15, 0.2) is 33.7 Å². The molecule has 1 aromatic carbocycles. The highest BCUT2D eigenvalue weighted by Crippen LogP contribution is 2.21. The lowest BCUT2D eigenvalue weighted by Gasteiger charge is -2.24. The zero-order valence-corrected chi connectivity index (χ0v) is 15.6. The normalized spacial score (nSPS) is 11.8. The van der Waals surface area contributed by atoms with E-state index in [-0.39, 0.29) is 0 Å². The third kappa shape index (κ3) is 5.66. The van der Waals surface area contributed by atoms with Gasteiger partial charge in [-0.3, -0.25) is 4.90 Å². The van der Waals surface area contributed by atoms with Crippen LogP contribution >= 0.6 is 11.8 Å². The quantitative estimate of drug-likeness (QED) is 0.662. The maximum Gasteiger partial charge on any atom is 0.241 e. The van der Waals surface area contributed by atoms with Crippen molar-refractivity contribution < 1.29 is 4.52 Å². The molecule has 0 saturated carbocycles. The molecule has 0 aliphatic heterocycles. The number of thioether (sulfide) groups is 1. The molecule has 0 N–H and O–H groups in total. The molecule has 4 nitrogen and oxygen atoms in total. The molecule has 23 heavy (non-hydrogen) atoms. The average molecular weight is 334 g/mol. The van der Waals surface area contributed by atoms with E-state index in [4.69, 9.17) is 4.52 Å². The third-order valence-corrected chi connectivity index (χ3v) is 4.17. The lowest BCUT2D eigenvalue weighted by Crippen LogP contribution is -2.31. The topological polar surface area (TPSA) is 42.2 Å². The van der Waals surface area contributed by atoms with E-state index in [2.05, 4.69) is 61.1 Å². The zero-order chi connectivity index (χ0) is 16.8. The Morgan fingerprint density at radius 1 is 1.04 bits per heavy atom. The van der Waals surface area contributed by atoms with Crippen LogP contribution in [-0.4, -0.2) is 34.4 Å². The Morgan fingerprint density at radius 2 is 1.65 bits per heavy atom. The van der Waals surface area contributed by atoms with Crippen LogP contribution in [0.2, 0.25) is 0 Å². The van der Waals surface area contributed by atoms with Crippen molar-refractivity contribution in [3.8, 4) is 11.4 Å². The fourth-order valence-corrected chi connectivity index (χ4v) is 3.01. The van der Waals surface area contributed by atoms with Crippen LogP contribution in [0, 0.1) is 11.8 Å². The van der Waals surface area contributed by atoms with Crippen molar-refractivity contribution in [1.82, 2.24) is 15.0 Å². The van der Waals surface area contributed by atoms with Crippen LogP contribution in [0.25, 0.3) is 11.4 Å². The third-order valence-electron chi connectivity index (χ3n) is 3.42. The van der Waals surface area contributed by atoms with Gasteiger partial charge in [-0.25, -0.2) is 0 Å². The van der Waals surface area contributed by atoms with Gasteiger partial charge in [-0.2, -0.15) is 4.98 Å². The molecule has 2 aromatic rings. The van der Waals surface area contributed by atoms with Crippen LogP contribution in [-0.2, 0) is 6.54 Å². The van der Waals surface area contributed by atoms with Crippen molar-refractivity contribution >= 4 is 11.8 Å². The van der Waals surface area contributed by atoms with Crippen LogP contribution in [0.4, 0.5) is 0 Å². The predicted octanol–water partition coefficient (Wildman–Crippen LogP) is 4.57. The molecule has 0 amide bonds. The molecule has 0 atom stereocenters. The molecule has 0 bridgehead atoms. The summed E-state index contributed by atoms with van der Waals surface area (Å²) in [5, 5.41) is 4.13. The molecule has 0 aliphatic carbocycles. The van der Waals surface area contributed by atoms with Crippen molar-refractivity contribution in [3.05, 3.63) is 30.2 Å². The standard InChI is InChI=1S/C18H27N3OS/c1-13(2)10-21(11-14(3)4)12-17-19-18(20-22-17)15-6-8-16(23-5)9-7-15/h6-9,13-14H,10-12H2,1-5H3. The number of rotatable bonds is 8. The number of nitrogens with zero attached hydrogens (tertiary/aromatic N) is 3. The number of hydrogen-bond acceptors (Lipinski definition) is 5. The molecule has 0 spiro atoms. The predicted molar refractivity (Wildman–Crippen MR) is 96.5 cm³/mol. The van der Waals surface area contributed by atoms with Crippen molar-refractivity contribution in [2.24, 2.45) is 11.8 Å². The Hall–Kier alpha value is -1.33. The van der Waals surface area contributed by atoms with Gasteiger partial charge >= 0.3 is 0 Å². The first-order valence-corrected chi connectivity index (χ1v) is 9.39. The van der Waals surface area contributed by atoms with Crippen molar-refractivity contribution in [2.75, 3.05) is 19.3 Å². The molecule has 0 saturated heterocycles. The lowest BCUT2D eigenvalue weighted by molar-refractivity contribution is 0.186. The van der Waals surface area contributed by atoms with Gasteiger partial charge in [0.25, 0.3) is 0 Å². The molecule has 1 heterocycles. The molecule has 1 aromatic heterocycles. The summed E-state index contributed by atoms with van der Waals surface area (Å²) in [5.41, 5.74) is 0.997. The fraction of sp³-hybridized carbons (Fsp3) is 0.556.